The summed E-state index contributed by atoms with van der Waals surface area (Å²) in [7, 11) is 0. The molecule has 1 aromatic carbocycles. The normalized spacial score (nSPS) is 13.5. The van der Waals surface area contributed by atoms with E-state index in [1.54, 1.807) is 22.0 Å². The third-order valence-corrected chi connectivity index (χ3v) is 7.01. The average Bonchev–Trinajstić information content (AvgIpc) is 3.07. The van der Waals surface area contributed by atoms with Gasteiger partial charge in [0.25, 0.3) is 5.56 Å². The van der Waals surface area contributed by atoms with Crippen LogP contribution in [-0.2, 0) is 19.4 Å². The van der Waals surface area contributed by atoms with Gasteiger partial charge in [-0.1, -0.05) is 17.8 Å². The summed E-state index contributed by atoms with van der Waals surface area (Å²) in [6.07, 6.45) is 5.84. The molecular weight excluding hydrogens is 395 g/mol. The fraction of sp³-hybridized carbons (Fsp3) is 0.286. The van der Waals surface area contributed by atoms with Crippen molar-refractivity contribution in [2.24, 2.45) is 0 Å². The molecule has 4 rings (SSSR count). The number of thiophene rings is 1. The van der Waals surface area contributed by atoms with E-state index in [0.717, 1.165) is 41.5 Å². The number of Topliss-reactive ketones (excluding diaryl/α,β-unsaturated/α-hetero) is 1. The van der Waals surface area contributed by atoms with Gasteiger partial charge in [-0.3, -0.25) is 14.2 Å². The highest BCUT2D eigenvalue weighted by molar-refractivity contribution is 7.99. The molecule has 0 fully saturated rings. The second-order valence-electron chi connectivity index (χ2n) is 6.71. The lowest BCUT2D eigenvalue weighted by atomic mass is 9.97. The maximum atomic E-state index is 13.2. The molecule has 3 aromatic rings. The fourth-order valence-electron chi connectivity index (χ4n) is 3.47. The topological polar surface area (TPSA) is 52.0 Å². The number of nitrogens with zero attached hydrogens (tertiary/aromatic N) is 2. The third kappa shape index (κ3) is 3.56. The van der Waals surface area contributed by atoms with Crippen LogP contribution in [0, 0.1) is 5.82 Å². The predicted octanol–water partition coefficient (Wildman–Crippen LogP) is 4.64. The lowest BCUT2D eigenvalue weighted by Crippen LogP contribution is -2.23. The van der Waals surface area contributed by atoms with Crippen LogP contribution < -0.4 is 5.56 Å². The molecule has 4 nitrogen and oxygen atoms in total. The predicted molar refractivity (Wildman–Crippen MR) is 112 cm³/mol. The van der Waals surface area contributed by atoms with Crippen LogP contribution in [0.2, 0.25) is 0 Å². The van der Waals surface area contributed by atoms with Gasteiger partial charge < -0.3 is 0 Å². The van der Waals surface area contributed by atoms with Crippen LogP contribution in [0.4, 0.5) is 4.39 Å². The number of benzene rings is 1. The third-order valence-electron chi connectivity index (χ3n) is 4.85. The number of carbonyl (C=O) groups excluding carboxylic acids is 1. The lowest BCUT2D eigenvalue weighted by molar-refractivity contribution is 0.102. The van der Waals surface area contributed by atoms with E-state index in [1.165, 1.54) is 40.9 Å². The number of rotatable bonds is 6. The van der Waals surface area contributed by atoms with Crippen LogP contribution in [0.5, 0.6) is 0 Å². The molecule has 144 valence electrons. The SMILES string of the molecule is C=CCn1c(SCC(=O)c2ccc(F)cc2)nc2sc3c(c2c1=O)CCCC3. The molecule has 1 aliphatic carbocycles. The van der Waals surface area contributed by atoms with E-state index in [0.29, 0.717) is 17.3 Å². The van der Waals surface area contributed by atoms with Crippen molar-refractivity contribution >= 4 is 39.1 Å². The number of allylic oxidation sites excluding steroid dienone is 1. The molecule has 0 atom stereocenters. The highest BCUT2D eigenvalue weighted by Crippen LogP contribution is 2.34. The highest BCUT2D eigenvalue weighted by Gasteiger charge is 2.22. The quantitative estimate of drug-likeness (QED) is 0.255. The molecule has 0 spiro atoms. The number of thioether (sulfide) groups is 1. The van der Waals surface area contributed by atoms with E-state index in [9.17, 15) is 14.0 Å². The molecule has 0 unspecified atom stereocenters. The second-order valence-corrected chi connectivity index (χ2v) is 8.73. The lowest BCUT2D eigenvalue weighted by Gasteiger charge is -2.12. The first-order chi connectivity index (χ1) is 13.6. The van der Waals surface area contributed by atoms with E-state index in [4.69, 9.17) is 4.98 Å². The van der Waals surface area contributed by atoms with Crippen molar-refractivity contribution in [2.75, 3.05) is 5.75 Å². The molecule has 0 radical (unpaired) electrons. The van der Waals surface area contributed by atoms with Gasteiger partial charge in [-0.15, -0.1) is 17.9 Å². The minimum Gasteiger partial charge on any atom is -0.293 e. The van der Waals surface area contributed by atoms with Crippen LogP contribution >= 0.6 is 23.1 Å². The summed E-state index contributed by atoms with van der Waals surface area (Å²) in [5, 5.41) is 1.25. The summed E-state index contributed by atoms with van der Waals surface area (Å²) in [5.74, 6) is -0.376. The van der Waals surface area contributed by atoms with Gasteiger partial charge in [0, 0.05) is 17.0 Å². The number of halogens is 1. The smallest absolute Gasteiger partial charge is 0.263 e. The minimum absolute atomic E-state index is 0.0546. The van der Waals surface area contributed by atoms with E-state index in [-0.39, 0.29) is 22.9 Å². The van der Waals surface area contributed by atoms with Gasteiger partial charge in [-0.2, -0.15) is 0 Å². The number of carbonyl (C=O) groups is 1. The zero-order valence-electron chi connectivity index (χ0n) is 15.2. The molecule has 0 aliphatic heterocycles. The molecule has 2 aromatic heterocycles. The number of aryl methyl sites for hydroxylation is 2. The molecular formula is C21H19FN2O2S2. The van der Waals surface area contributed by atoms with Crippen molar-refractivity contribution in [2.45, 2.75) is 37.4 Å². The van der Waals surface area contributed by atoms with Crippen molar-refractivity contribution < 1.29 is 9.18 Å². The molecule has 0 bridgehead atoms. The van der Waals surface area contributed by atoms with Crippen molar-refractivity contribution in [3.8, 4) is 0 Å². The van der Waals surface area contributed by atoms with Crippen molar-refractivity contribution in [3.05, 3.63) is 69.1 Å². The van der Waals surface area contributed by atoms with Crippen LogP contribution in [0.3, 0.4) is 0 Å². The monoisotopic (exact) mass is 414 g/mol. The number of aromatic nitrogens is 2. The molecule has 7 heteroatoms. The van der Waals surface area contributed by atoms with Crippen molar-refractivity contribution in [1.29, 1.82) is 0 Å². The maximum absolute atomic E-state index is 13.2. The van der Waals surface area contributed by atoms with Crippen LogP contribution in [0.15, 0.2) is 46.9 Å². The molecule has 2 heterocycles. The Bertz CT molecular complexity index is 1120. The van der Waals surface area contributed by atoms with Gasteiger partial charge in [0.1, 0.15) is 10.6 Å². The fourth-order valence-corrected chi connectivity index (χ4v) is 5.67. The van der Waals surface area contributed by atoms with Gasteiger partial charge in [0.15, 0.2) is 10.9 Å². The average molecular weight is 415 g/mol. The van der Waals surface area contributed by atoms with Crippen LogP contribution in [0.1, 0.15) is 33.6 Å². The Morgan fingerprint density at radius 3 is 2.79 bits per heavy atom. The maximum Gasteiger partial charge on any atom is 0.263 e. The Balaban J connectivity index is 1.68. The summed E-state index contributed by atoms with van der Waals surface area (Å²) < 4.78 is 14.7. The largest absolute Gasteiger partial charge is 0.293 e. The Hall–Kier alpha value is -2.25. The first kappa shape index (κ1) is 19.1. The Morgan fingerprint density at radius 2 is 2.04 bits per heavy atom. The number of hydrogen-bond acceptors (Lipinski definition) is 5. The first-order valence-electron chi connectivity index (χ1n) is 9.16. The zero-order valence-corrected chi connectivity index (χ0v) is 16.9. The zero-order chi connectivity index (χ0) is 19.7. The molecule has 28 heavy (non-hydrogen) atoms. The molecule has 0 amide bonds. The summed E-state index contributed by atoms with van der Waals surface area (Å²) in [4.78, 5) is 32.3. The molecule has 0 N–H and O–H groups in total. The molecule has 0 saturated heterocycles. The van der Waals surface area contributed by atoms with Gasteiger partial charge in [-0.25, -0.2) is 9.37 Å². The Kier molecular flexibility index (Phi) is 5.46. The Labute approximate surface area is 170 Å². The number of ketones is 1. The minimum atomic E-state index is -0.377. The van der Waals surface area contributed by atoms with E-state index in [2.05, 4.69) is 6.58 Å². The molecule has 0 saturated carbocycles. The Morgan fingerprint density at radius 1 is 1.29 bits per heavy atom. The van der Waals surface area contributed by atoms with Crippen LogP contribution in [0.25, 0.3) is 10.2 Å². The second kappa shape index (κ2) is 8.01. The van der Waals surface area contributed by atoms with Crippen molar-refractivity contribution in [3.63, 3.8) is 0 Å². The standard InChI is InChI=1S/C21H19FN2O2S2/c1-2-11-24-20(26)18-15-5-3-4-6-17(15)28-19(18)23-21(24)27-12-16(25)13-7-9-14(22)10-8-13/h2,7-10H,1,3-6,11-12H2. The van der Waals surface area contributed by atoms with Gasteiger partial charge >= 0.3 is 0 Å². The first-order valence-corrected chi connectivity index (χ1v) is 11.0. The molecule has 1 aliphatic rings. The number of fused-ring (bicyclic) bond motifs is 3. The summed E-state index contributed by atoms with van der Waals surface area (Å²) in [5.41, 5.74) is 1.54. The summed E-state index contributed by atoms with van der Waals surface area (Å²) in [6, 6.07) is 5.48. The van der Waals surface area contributed by atoms with Gasteiger partial charge in [0.05, 0.1) is 11.1 Å². The van der Waals surface area contributed by atoms with E-state index < -0.39 is 0 Å². The van der Waals surface area contributed by atoms with E-state index >= 15 is 0 Å². The van der Waals surface area contributed by atoms with E-state index in [1.807, 2.05) is 0 Å². The van der Waals surface area contributed by atoms with Crippen LogP contribution in [-0.4, -0.2) is 21.1 Å². The highest BCUT2D eigenvalue weighted by atomic mass is 32.2. The summed E-state index contributed by atoms with van der Waals surface area (Å²) in [6.45, 7) is 4.09. The summed E-state index contributed by atoms with van der Waals surface area (Å²) >= 11 is 2.83. The van der Waals surface area contributed by atoms with Gasteiger partial charge in [0.2, 0.25) is 0 Å². The number of hydrogen-bond donors (Lipinski definition) is 0. The van der Waals surface area contributed by atoms with Gasteiger partial charge in [-0.05, 0) is 55.5 Å². The van der Waals surface area contributed by atoms with Crippen molar-refractivity contribution in [1.82, 2.24) is 9.55 Å².